The number of rotatable bonds is 10. The summed E-state index contributed by atoms with van der Waals surface area (Å²) in [5.74, 6) is -0.170. The molecule has 2 heterocycles. The minimum atomic E-state index is -0.382. The SMILES string of the molecule is CCOC(=O)CCN1CCN(C(=O)Nc2c(C)nc(CC(C)C)c(CN)c2-c2ccc(CN)cc2)CC1=O. The van der Waals surface area contributed by atoms with Gasteiger partial charge < -0.3 is 31.3 Å². The van der Waals surface area contributed by atoms with Gasteiger partial charge >= 0.3 is 12.0 Å². The van der Waals surface area contributed by atoms with Crippen LogP contribution in [-0.2, 0) is 33.8 Å². The van der Waals surface area contributed by atoms with Crippen LogP contribution in [0.5, 0.6) is 0 Å². The van der Waals surface area contributed by atoms with Gasteiger partial charge in [-0.25, -0.2) is 4.79 Å². The molecule has 5 N–H and O–H groups in total. The van der Waals surface area contributed by atoms with E-state index in [4.69, 9.17) is 21.2 Å². The number of carbonyl (C=O) groups is 3. The van der Waals surface area contributed by atoms with E-state index >= 15 is 0 Å². The normalized spacial score (nSPS) is 13.7. The number of nitrogens with one attached hydrogen (secondary N) is 1. The summed E-state index contributed by atoms with van der Waals surface area (Å²) in [6.45, 7) is 9.78. The third-order valence-corrected chi connectivity index (χ3v) is 6.58. The van der Waals surface area contributed by atoms with Crippen molar-refractivity contribution >= 4 is 23.6 Å². The van der Waals surface area contributed by atoms with E-state index < -0.39 is 0 Å². The average molecular weight is 525 g/mol. The van der Waals surface area contributed by atoms with E-state index in [0.29, 0.717) is 43.5 Å². The Labute approximate surface area is 224 Å². The van der Waals surface area contributed by atoms with Gasteiger partial charge in [0.15, 0.2) is 0 Å². The van der Waals surface area contributed by atoms with Crippen LogP contribution in [0.4, 0.5) is 10.5 Å². The number of amides is 3. The van der Waals surface area contributed by atoms with Gasteiger partial charge in [-0.2, -0.15) is 0 Å². The molecule has 3 rings (SSSR count). The first-order chi connectivity index (χ1) is 18.2. The summed E-state index contributed by atoms with van der Waals surface area (Å²) < 4.78 is 4.94. The first-order valence-corrected chi connectivity index (χ1v) is 13.2. The number of pyridine rings is 1. The van der Waals surface area contributed by atoms with Crippen molar-refractivity contribution in [3.63, 3.8) is 0 Å². The number of nitrogens with two attached hydrogens (primary N) is 2. The largest absolute Gasteiger partial charge is 0.466 e. The summed E-state index contributed by atoms with van der Waals surface area (Å²) in [6, 6.07) is 7.52. The smallest absolute Gasteiger partial charge is 0.322 e. The number of anilines is 1. The molecule has 3 amide bonds. The highest BCUT2D eigenvalue weighted by atomic mass is 16.5. The molecule has 1 saturated heterocycles. The predicted molar refractivity (Wildman–Crippen MR) is 147 cm³/mol. The Morgan fingerprint density at radius 2 is 1.84 bits per heavy atom. The van der Waals surface area contributed by atoms with Gasteiger partial charge in [0.1, 0.15) is 6.54 Å². The summed E-state index contributed by atoms with van der Waals surface area (Å²) in [5, 5.41) is 3.03. The molecule has 0 saturated carbocycles. The van der Waals surface area contributed by atoms with E-state index in [-0.39, 0.29) is 44.0 Å². The molecule has 1 aromatic carbocycles. The number of benzene rings is 1. The molecule has 1 aliphatic heterocycles. The number of nitrogens with zero attached hydrogens (tertiary/aromatic N) is 3. The highest BCUT2D eigenvalue weighted by Gasteiger charge is 2.29. The predicted octanol–water partition coefficient (Wildman–Crippen LogP) is 2.80. The van der Waals surface area contributed by atoms with Gasteiger partial charge in [0.2, 0.25) is 5.91 Å². The molecule has 1 aliphatic rings. The molecule has 0 aliphatic carbocycles. The number of hydrogen-bond acceptors (Lipinski definition) is 7. The van der Waals surface area contributed by atoms with Gasteiger partial charge in [-0.05, 0) is 42.9 Å². The Balaban J connectivity index is 1.86. The molecular formula is C28H40N6O4. The maximum absolute atomic E-state index is 13.4. The van der Waals surface area contributed by atoms with Crippen molar-refractivity contribution < 1.29 is 19.1 Å². The van der Waals surface area contributed by atoms with Crippen LogP contribution in [-0.4, -0.2) is 65.5 Å². The maximum Gasteiger partial charge on any atom is 0.322 e. The zero-order valence-electron chi connectivity index (χ0n) is 22.9. The second-order valence-corrected chi connectivity index (χ2v) is 9.86. The lowest BCUT2D eigenvalue weighted by atomic mass is 9.92. The van der Waals surface area contributed by atoms with E-state index in [1.54, 1.807) is 11.8 Å². The van der Waals surface area contributed by atoms with Crippen LogP contribution in [0.25, 0.3) is 11.1 Å². The van der Waals surface area contributed by atoms with Crippen molar-refractivity contribution in [2.45, 2.75) is 53.6 Å². The summed E-state index contributed by atoms with van der Waals surface area (Å²) >= 11 is 0. The number of ether oxygens (including phenoxy) is 1. The van der Waals surface area contributed by atoms with E-state index in [2.05, 4.69) is 19.2 Å². The number of carbonyl (C=O) groups excluding carboxylic acids is 3. The fourth-order valence-corrected chi connectivity index (χ4v) is 4.62. The molecule has 0 bridgehead atoms. The zero-order valence-corrected chi connectivity index (χ0v) is 22.9. The van der Waals surface area contributed by atoms with Crippen molar-refractivity contribution in [1.29, 1.82) is 0 Å². The van der Waals surface area contributed by atoms with Gasteiger partial charge in [0, 0.05) is 44.0 Å². The highest BCUT2D eigenvalue weighted by Crippen LogP contribution is 2.36. The number of urea groups is 1. The average Bonchev–Trinajstić information content (AvgIpc) is 2.89. The third-order valence-electron chi connectivity index (χ3n) is 6.58. The minimum Gasteiger partial charge on any atom is -0.466 e. The van der Waals surface area contributed by atoms with Crippen LogP contribution in [0, 0.1) is 12.8 Å². The topological polar surface area (TPSA) is 144 Å². The molecule has 0 spiro atoms. The van der Waals surface area contributed by atoms with Crippen LogP contribution in [0.2, 0.25) is 0 Å². The molecule has 1 aromatic heterocycles. The molecule has 10 nitrogen and oxygen atoms in total. The van der Waals surface area contributed by atoms with E-state index in [1.165, 1.54) is 4.90 Å². The highest BCUT2D eigenvalue weighted by molar-refractivity contribution is 5.98. The van der Waals surface area contributed by atoms with Crippen LogP contribution >= 0.6 is 0 Å². The summed E-state index contributed by atoms with van der Waals surface area (Å²) in [7, 11) is 0. The second kappa shape index (κ2) is 13.3. The van der Waals surface area contributed by atoms with Crippen molar-refractivity contribution in [2.24, 2.45) is 17.4 Å². The second-order valence-electron chi connectivity index (χ2n) is 9.86. The third kappa shape index (κ3) is 7.08. The first kappa shape index (κ1) is 29.1. The Kier molecular flexibility index (Phi) is 10.2. The van der Waals surface area contributed by atoms with Crippen LogP contribution < -0.4 is 16.8 Å². The Bertz CT molecular complexity index is 1150. The summed E-state index contributed by atoms with van der Waals surface area (Å²) in [5.41, 5.74) is 17.9. The number of piperazine rings is 1. The van der Waals surface area contributed by atoms with E-state index in [0.717, 1.165) is 34.4 Å². The van der Waals surface area contributed by atoms with E-state index in [1.807, 2.05) is 31.2 Å². The summed E-state index contributed by atoms with van der Waals surface area (Å²) in [6.07, 6.45) is 0.894. The molecule has 206 valence electrons. The van der Waals surface area contributed by atoms with Crippen molar-refractivity contribution in [1.82, 2.24) is 14.8 Å². The molecule has 0 unspecified atom stereocenters. The van der Waals surface area contributed by atoms with Gasteiger partial charge in [0.25, 0.3) is 0 Å². The standard InChI is InChI=1S/C28H40N6O4/c1-5-38-25(36)10-11-33-12-13-34(17-24(33)35)28(37)32-27-19(4)31-23(14-18(2)3)22(16-30)26(27)21-8-6-20(15-29)7-9-21/h6-9,18H,5,10-17,29-30H2,1-4H3,(H,32,37). The lowest BCUT2D eigenvalue weighted by Gasteiger charge is -2.34. The minimum absolute atomic E-state index is 0.0726. The first-order valence-electron chi connectivity index (χ1n) is 13.2. The molecule has 2 aromatic rings. The van der Waals surface area contributed by atoms with Crippen molar-refractivity contribution in [3.8, 4) is 11.1 Å². The Morgan fingerprint density at radius 3 is 2.42 bits per heavy atom. The van der Waals surface area contributed by atoms with Crippen molar-refractivity contribution in [3.05, 3.63) is 46.8 Å². The zero-order chi connectivity index (χ0) is 27.8. The van der Waals surface area contributed by atoms with Gasteiger partial charge in [-0.3, -0.25) is 14.6 Å². The number of aromatic nitrogens is 1. The monoisotopic (exact) mass is 524 g/mol. The van der Waals surface area contributed by atoms with Crippen LogP contribution in [0.15, 0.2) is 24.3 Å². The Morgan fingerprint density at radius 1 is 1.13 bits per heavy atom. The van der Waals surface area contributed by atoms with Crippen LogP contribution in [0.1, 0.15) is 49.7 Å². The lowest BCUT2D eigenvalue weighted by molar-refractivity contribution is -0.144. The molecule has 38 heavy (non-hydrogen) atoms. The number of hydrogen-bond donors (Lipinski definition) is 3. The van der Waals surface area contributed by atoms with E-state index in [9.17, 15) is 14.4 Å². The van der Waals surface area contributed by atoms with Gasteiger partial charge in [-0.1, -0.05) is 38.1 Å². The quantitative estimate of drug-likeness (QED) is 0.405. The molecular weight excluding hydrogens is 484 g/mol. The van der Waals surface area contributed by atoms with Crippen molar-refractivity contribution in [2.75, 3.05) is 38.1 Å². The van der Waals surface area contributed by atoms with Crippen LogP contribution in [0.3, 0.4) is 0 Å². The number of esters is 1. The van der Waals surface area contributed by atoms with Gasteiger partial charge in [0.05, 0.1) is 24.4 Å². The van der Waals surface area contributed by atoms with Gasteiger partial charge in [-0.15, -0.1) is 0 Å². The molecule has 0 radical (unpaired) electrons. The molecule has 0 atom stereocenters. The molecule has 10 heteroatoms. The maximum atomic E-state index is 13.4. The lowest BCUT2D eigenvalue weighted by Crippen LogP contribution is -2.53. The fraction of sp³-hybridized carbons (Fsp3) is 0.500. The fourth-order valence-electron chi connectivity index (χ4n) is 4.62. The molecule has 1 fully saturated rings. The number of aryl methyl sites for hydroxylation is 1. The summed E-state index contributed by atoms with van der Waals surface area (Å²) in [4.78, 5) is 45.6. The Hall–Kier alpha value is -3.50.